The van der Waals surface area contributed by atoms with Gasteiger partial charge in [-0.1, -0.05) is 12.8 Å². The summed E-state index contributed by atoms with van der Waals surface area (Å²) in [4.78, 5) is 0. The topological polar surface area (TPSA) is 32.3 Å². The summed E-state index contributed by atoms with van der Waals surface area (Å²) in [6.07, 6.45) is 7.73. The maximum Gasteiger partial charge on any atom is 0.0546 e. The van der Waals surface area contributed by atoms with Crippen LogP contribution in [0.3, 0.4) is 0 Å². The van der Waals surface area contributed by atoms with Crippen molar-refractivity contribution in [3.8, 4) is 0 Å². The summed E-state index contributed by atoms with van der Waals surface area (Å²) in [6, 6.07) is 0.690. The van der Waals surface area contributed by atoms with Gasteiger partial charge in [-0.25, -0.2) is 0 Å². The quantitative estimate of drug-likeness (QED) is 0.721. The molecule has 0 bridgehead atoms. The Bertz CT molecular complexity index is 171. The molecule has 0 aromatic carbocycles. The minimum atomic E-state index is 0.00332. The van der Waals surface area contributed by atoms with Crippen molar-refractivity contribution in [2.75, 3.05) is 6.54 Å². The third kappa shape index (κ3) is 2.48. The molecule has 2 fully saturated rings. The van der Waals surface area contributed by atoms with Crippen LogP contribution in [0.5, 0.6) is 0 Å². The molecule has 2 nitrogen and oxygen atoms in total. The van der Waals surface area contributed by atoms with Crippen molar-refractivity contribution in [2.45, 2.75) is 57.6 Å². The highest BCUT2D eigenvalue weighted by atomic mass is 16.3. The van der Waals surface area contributed by atoms with Gasteiger partial charge in [0.2, 0.25) is 0 Å². The van der Waals surface area contributed by atoms with Crippen LogP contribution >= 0.6 is 0 Å². The summed E-state index contributed by atoms with van der Waals surface area (Å²) < 4.78 is 0. The average Bonchev–Trinajstić information content (AvgIpc) is 2.62. The van der Waals surface area contributed by atoms with Crippen LogP contribution in [0.4, 0.5) is 0 Å². The highest BCUT2D eigenvalue weighted by molar-refractivity contribution is 4.83. The van der Waals surface area contributed by atoms with Crippen LogP contribution in [0.1, 0.15) is 45.4 Å². The number of rotatable bonds is 4. The van der Waals surface area contributed by atoms with Crippen LogP contribution < -0.4 is 5.32 Å². The summed E-state index contributed by atoms with van der Waals surface area (Å²) in [7, 11) is 0. The standard InChI is InChI=1S/C12H23NO/c1-9(11-4-2-3-5-11)13-8-10-6-12(14)7-10/h9-14H,2-8H2,1H3. The number of aliphatic hydroxyl groups excluding tert-OH is 1. The van der Waals surface area contributed by atoms with E-state index >= 15 is 0 Å². The first-order valence-electron chi connectivity index (χ1n) is 6.17. The van der Waals surface area contributed by atoms with E-state index in [4.69, 9.17) is 5.11 Å². The minimum Gasteiger partial charge on any atom is -0.393 e. The Labute approximate surface area is 87.1 Å². The van der Waals surface area contributed by atoms with Crippen molar-refractivity contribution in [2.24, 2.45) is 11.8 Å². The minimum absolute atomic E-state index is 0.00332. The van der Waals surface area contributed by atoms with E-state index in [9.17, 15) is 0 Å². The van der Waals surface area contributed by atoms with Crippen LogP contribution in [0, 0.1) is 11.8 Å². The fourth-order valence-electron chi connectivity index (χ4n) is 2.84. The van der Waals surface area contributed by atoms with E-state index in [1.54, 1.807) is 0 Å². The largest absolute Gasteiger partial charge is 0.393 e. The predicted molar refractivity (Wildman–Crippen MR) is 58.2 cm³/mol. The van der Waals surface area contributed by atoms with Crippen LogP contribution in [-0.2, 0) is 0 Å². The Morgan fingerprint density at radius 2 is 1.93 bits per heavy atom. The van der Waals surface area contributed by atoms with Crippen LogP contribution in [0.2, 0.25) is 0 Å². The van der Waals surface area contributed by atoms with Crippen molar-refractivity contribution in [1.82, 2.24) is 5.32 Å². The first-order valence-corrected chi connectivity index (χ1v) is 6.17. The predicted octanol–water partition coefficient (Wildman–Crippen LogP) is 1.93. The molecule has 1 atom stereocenters. The Kier molecular flexibility index (Phi) is 3.45. The van der Waals surface area contributed by atoms with E-state index < -0.39 is 0 Å². The fourth-order valence-corrected chi connectivity index (χ4v) is 2.84. The van der Waals surface area contributed by atoms with Crippen molar-refractivity contribution in [3.05, 3.63) is 0 Å². The smallest absolute Gasteiger partial charge is 0.0546 e. The summed E-state index contributed by atoms with van der Waals surface area (Å²) in [5, 5.41) is 12.8. The lowest BCUT2D eigenvalue weighted by molar-refractivity contribution is 0.0412. The van der Waals surface area contributed by atoms with Crippen molar-refractivity contribution in [1.29, 1.82) is 0 Å². The van der Waals surface area contributed by atoms with E-state index in [2.05, 4.69) is 12.2 Å². The molecule has 1 unspecified atom stereocenters. The molecule has 0 aliphatic heterocycles. The molecule has 0 aromatic rings. The molecule has 0 amide bonds. The van der Waals surface area contributed by atoms with Crippen LogP contribution in [-0.4, -0.2) is 23.8 Å². The lowest BCUT2D eigenvalue weighted by atomic mass is 9.82. The maximum atomic E-state index is 9.17. The Balaban J connectivity index is 1.60. The second-order valence-electron chi connectivity index (χ2n) is 5.23. The third-order valence-corrected chi connectivity index (χ3v) is 4.05. The molecule has 2 heteroatoms. The first-order chi connectivity index (χ1) is 6.75. The molecule has 2 aliphatic rings. The molecular weight excluding hydrogens is 174 g/mol. The zero-order chi connectivity index (χ0) is 9.97. The normalized spacial score (nSPS) is 35.6. The molecule has 0 radical (unpaired) electrons. The Morgan fingerprint density at radius 3 is 2.50 bits per heavy atom. The highest BCUT2D eigenvalue weighted by Crippen LogP contribution is 2.29. The molecule has 0 spiro atoms. The van der Waals surface area contributed by atoms with Crippen molar-refractivity contribution in [3.63, 3.8) is 0 Å². The van der Waals surface area contributed by atoms with Gasteiger partial charge in [-0.2, -0.15) is 0 Å². The number of aliphatic hydroxyl groups is 1. The summed E-state index contributed by atoms with van der Waals surface area (Å²) in [5.74, 6) is 1.66. The molecule has 14 heavy (non-hydrogen) atoms. The van der Waals surface area contributed by atoms with Gasteiger partial charge in [-0.15, -0.1) is 0 Å². The van der Waals surface area contributed by atoms with Gasteiger partial charge in [0.15, 0.2) is 0 Å². The van der Waals surface area contributed by atoms with E-state index in [0.29, 0.717) is 6.04 Å². The van der Waals surface area contributed by atoms with Gasteiger partial charge in [-0.3, -0.25) is 0 Å². The van der Waals surface area contributed by atoms with E-state index in [-0.39, 0.29) is 6.10 Å². The monoisotopic (exact) mass is 197 g/mol. The van der Waals surface area contributed by atoms with Gasteiger partial charge in [-0.05, 0) is 51.0 Å². The summed E-state index contributed by atoms with van der Waals surface area (Å²) >= 11 is 0. The lowest BCUT2D eigenvalue weighted by Crippen LogP contribution is -2.41. The van der Waals surface area contributed by atoms with Crippen LogP contribution in [0.25, 0.3) is 0 Å². The maximum absolute atomic E-state index is 9.17. The second-order valence-corrected chi connectivity index (χ2v) is 5.23. The molecule has 0 aromatic heterocycles. The molecular formula is C12H23NO. The van der Waals surface area contributed by atoms with E-state index in [0.717, 1.165) is 31.2 Å². The van der Waals surface area contributed by atoms with Crippen molar-refractivity contribution >= 4 is 0 Å². The third-order valence-electron chi connectivity index (χ3n) is 4.05. The molecule has 2 saturated carbocycles. The lowest BCUT2D eigenvalue weighted by Gasteiger charge is -2.33. The molecule has 0 saturated heterocycles. The Hall–Kier alpha value is -0.0800. The molecule has 2 N–H and O–H groups in total. The van der Waals surface area contributed by atoms with Crippen LogP contribution in [0.15, 0.2) is 0 Å². The van der Waals surface area contributed by atoms with E-state index in [1.807, 2.05) is 0 Å². The SMILES string of the molecule is CC(NCC1CC(O)C1)C1CCCC1. The van der Waals surface area contributed by atoms with Gasteiger partial charge in [0.1, 0.15) is 0 Å². The van der Waals surface area contributed by atoms with Gasteiger partial charge in [0.05, 0.1) is 6.10 Å². The van der Waals surface area contributed by atoms with Gasteiger partial charge in [0.25, 0.3) is 0 Å². The highest BCUT2D eigenvalue weighted by Gasteiger charge is 2.28. The molecule has 2 rings (SSSR count). The van der Waals surface area contributed by atoms with Gasteiger partial charge in [0, 0.05) is 6.04 Å². The van der Waals surface area contributed by atoms with Gasteiger partial charge < -0.3 is 10.4 Å². The molecule has 82 valence electrons. The zero-order valence-electron chi connectivity index (χ0n) is 9.21. The zero-order valence-corrected chi connectivity index (χ0v) is 9.21. The molecule has 2 aliphatic carbocycles. The second kappa shape index (κ2) is 4.63. The first kappa shape index (κ1) is 10.4. The molecule has 0 heterocycles. The Morgan fingerprint density at radius 1 is 1.29 bits per heavy atom. The number of nitrogens with one attached hydrogen (secondary N) is 1. The van der Waals surface area contributed by atoms with Crippen molar-refractivity contribution < 1.29 is 5.11 Å². The fraction of sp³-hybridized carbons (Fsp3) is 1.00. The summed E-state index contributed by atoms with van der Waals surface area (Å²) in [5.41, 5.74) is 0. The summed E-state index contributed by atoms with van der Waals surface area (Å²) in [6.45, 7) is 3.44. The van der Waals surface area contributed by atoms with Gasteiger partial charge >= 0.3 is 0 Å². The number of hydrogen-bond donors (Lipinski definition) is 2. The number of hydrogen-bond acceptors (Lipinski definition) is 2. The van der Waals surface area contributed by atoms with E-state index in [1.165, 1.54) is 25.7 Å². The average molecular weight is 197 g/mol.